The molecule has 1 aliphatic heterocycles. The van der Waals surface area contributed by atoms with E-state index in [9.17, 15) is 4.79 Å². The van der Waals surface area contributed by atoms with Crippen LogP contribution >= 0.6 is 0 Å². The number of carbonyl (C=O) groups is 1. The quantitative estimate of drug-likeness (QED) is 0.745. The number of carboxylic acids is 1. The van der Waals surface area contributed by atoms with E-state index in [1.165, 1.54) is 19.4 Å². The maximum atomic E-state index is 10.8. The Kier molecular flexibility index (Phi) is 5.77. The second kappa shape index (κ2) is 6.86. The van der Waals surface area contributed by atoms with E-state index in [2.05, 4.69) is 17.1 Å². The average Bonchev–Trinajstić information content (AvgIpc) is 2.44. The van der Waals surface area contributed by atoms with Gasteiger partial charge in [-0.15, -0.1) is 0 Å². The van der Waals surface area contributed by atoms with Crippen molar-refractivity contribution in [3.05, 3.63) is 0 Å². The van der Waals surface area contributed by atoms with Crippen LogP contribution in [0, 0.1) is 0 Å². The minimum Gasteiger partial charge on any atom is -0.480 e. The number of nitrogens with one attached hydrogen (secondary N) is 1. The van der Waals surface area contributed by atoms with Crippen molar-refractivity contribution in [1.82, 2.24) is 10.2 Å². The summed E-state index contributed by atoms with van der Waals surface area (Å²) >= 11 is 0. The van der Waals surface area contributed by atoms with Crippen molar-refractivity contribution >= 4 is 5.97 Å². The van der Waals surface area contributed by atoms with E-state index >= 15 is 0 Å². The fourth-order valence-electron chi connectivity index (χ4n) is 2.29. The summed E-state index contributed by atoms with van der Waals surface area (Å²) in [5.74, 6) is -0.755. The maximum Gasteiger partial charge on any atom is 0.320 e. The lowest BCUT2D eigenvalue weighted by molar-refractivity contribution is -0.139. The average molecular weight is 228 g/mol. The molecular formula is C12H24N2O2. The summed E-state index contributed by atoms with van der Waals surface area (Å²) in [5.41, 5.74) is 0. The summed E-state index contributed by atoms with van der Waals surface area (Å²) < 4.78 is 0. The Morgan fingerprint density at radius 2 is 2.25 bits per heavy atom. The molecule has 1 fully saturated rings. The first kappa shape index (κ1) is 13.5. The molecule has 0 aromatic rings. The van der Waals surface area contributed by atoms with Gasteiger partial charge in [0.1, 0.15) is 6.04 Å². The van der Waals surface area contributed by atoms with Crippen molar-refractivity contribution in [2.75, 3.05) is 19.6 Å². The maximum absolute atomic E-state index is 10.8. The Morgan fingerprint density at radius 3 is 2.88 bits per heavy atom. The van der Waals surface area contributed by atoms with E-state index in [0.29, 0.717) is 6.04 Å². The van der Waals surface area contributed by atoms with E-state index < -0.39 is 12.0 Å². The second-order valence-corrected chi connectivity index (χ2v) is 4.70. The number of likely N-dealkylation sites (tertiary alicyclic amines) is 1. The number of hydrogen-bond acceptors (Lipinski definition) is 3. The Bertz CT molecular complexity index is 221. The van der Waals surface area contributed by atoms with E-state index in [0.717, 1.165) is 25.9 Å². The van der Waals surface area contributed by atoms with E-state index in [4.69, 9.17) is 5.11 Å². The van der Waals surface area contributed by atoms with E-state index in [-0.39, 0.29) is 0 Å². The Morgan fingerprint density at radius 1 is 1.50 bits per heavy atom. The normalized spacial score (nSPS) is 25.0. The van der Waals surface area contributed by atoms with Crippen molar-refractivity contribution < 1.29 is 9.90 Å². The van der Waals surface area contributed by atoms with Crippen LogP contribution in [-0.4, -0.2) is 47.7 Å². The highest BCUT2D eigenvalue weighted by Gasteiger charge is 2.20. The largest absolute Gasteiger partial charge is 0.480 e. The lowest BCUT2D eigenvalue weighted by Crippen LogP contribution is -2.41. The van der Waals surface area contributed by atoms with Crippen LogP contribution in [0.25, 0.3) is 0 Å². The third kappa shape index (κ3) is 4.49. The molecule has 94 valence electrons. The lowest BCUT2D eigenvalue weighted by Gasteiger charge is -2.20. The summed E-state index contributed by atoms with van der Waals surface area (Å²) in [6.45, 7) is 7.34. The van der Waals surface area contributed by atoms with Crippen LogP contribution in [-0.2, 0) is 4.79 Å². The zero-order chi connectivity index (χ0) is 12.0. The standard InChI is InChI=1S/C12H24N2O2/c1-3-7-14-8-4-5-11(6-9-14)13-10(2)12(15)16/h10-11,13H,3-9H2,1-2H3,(H,15,16). The first-order chi connectivity index (χ1) is 7.63. The third-order valence-corrected chi connectivity index (χ3v) is 3.22. The van der Waals surface area contributed by atoms with Crippen LogP contribution in [0.4, 0.5) is 0 Å². The third-order valence-electron chi connectivity index (χ3n) is 3.22. The van der Waals surface area contributed by atoms with Gasteiger partial charge in [0, 0.05) is 6.04 Å². The molecule has 2 atom stereocenters. The Balaban J connectivity index is 2.32. The molecule has 2 unspecified atom stereocenters. The highest BCUT2D eigenvalue weighted by atomic mass is 16.4. The van der Waals surface area contributed by atoms with Crippen LogP contribution in [0.15, 0.2) is 0 Å². The van der Waals surface area contributed by atoms with E-state index in [1.807, 2.05) is 0 Å². The fraction of sp³-hybridized carbons (Fsp3) is 0.917. The van der Waals surface area contributed by atoms with Gasteiger partial charge in [-0.1, -0.05) is 6.92 Å². The summed E-state index contributed by atoms with van der Waals surface area (Å²) in [4.78, 5) is 13.2. The van der Waals surface area contributed by atoms with Crippen LogP contribution in [0.1, 0.15) is 39.5 Å². The van der Waals surface area contributed by atoms with Crippen LogP contribution in [0.5, 0.6) is 0 Å². The molecule has 0 spiro atoms. The van der Waals surface area contributed by atoms with E-state index in [1.54, 1.807) is 6.92 Å². The van der Waals surface area contributed by atoms with Crippen LogP contribution in [0.3, 0.4) is 0 Å². The summed E-state index contributed by atoms with van der Waals surface area (Å²) in [6.07, 6.45) is 4.53. The first-order valence-corrected chi connectivity index (χ1v) is 6.34. The number of hydrogen-bond donors (Lipinski definition) is 2. The van der Waals surface area contributed by atoms with Crippen LogP contribution in [0.2, 0.25) is 0 Å². The molecule has 1 rings (SSSR count). The molecule has 4 nitrogen and oxygen atoms in total. The smallest absolute Gasteiger partial charge is 0.320 e. The number of rotatable bonds is 5. The molecule has 0 saturated carbocycles. The predicted octanol–water partition coefficient (Wildman–Crippen LogP) is 1.31. The Hall–Kier alpha value is -0.610. The summed E-state index contributed by atoms with van der Waals surface area (Å²) in [6, 6.07) is -0.0596. The fourth-order valence-corrected chi connectivity index (χ4v) is 2.29. The monoisotopic (exact) mass is 228 g/mol. The molecule has 0 radical (unpaired) electrons. The molecule has 1 heterocycles. The zero-order valence-corrected chi connectivity index (χ0v) is 10.4. The second-order valence-electron chi connectivity index (χ2n) is 4.70. The topological polar surface area (TPSA) is 52.6 Å². The molecule has 0 amide bonds. The van der Waals surface area contributed by atoms with Gasteiger partial charge in [0.05, 0.1) is 0 Å². The predicted molar refractivity (Wildman–Crippen MR) is 64.6 cm³/mol. The van der Waals surface area contributed by atoms with Crippen molar-refractivity contribution in [2.45, 2.75) is 51.6 Å². The lowest BCUT2D eigenvalue weighted by atomic mass is 10.1. The molecule has 2 N–H and O–H groups in total. The number of carboxylic acid groups (broad SMARTS) is 1. The van der Waals surface area contributed by atoms with Gasteiger partial charge in [-0.3, -0.25) is 4.79 Å². The molecule has 0 aromatic carbocycles. The Labute approximate surface area is 98.0 Å². The molecule has 1 aliphatic rings. The molecular weight excluding hydrogens is 204 g/mol. The molecule has 0 aromatic heterocycles. The number of nitrogens with zero attached hydrogens (tertiary/aromatic N) is 1. The minimum atomic E-state index is -0.755. The minimum absolute atomic E-state index is 0.368. The van der Waals surface area contributed by atoms with Crippen molar-refractivity contribution in [1.29, 1.82) is 0 Å². The van der Waals surface area contributed by atoms with Gasteiger partial charge in [0.15, 0.2) is 0 Å². The highest BCUT2D eigenvalue weighted by Crippen LogP contribution is 2.11. The summed E-state index contributed by atoms with van der Waals surface area (Å²) in [7, 11) is 0. The van der Waals surface area contributed by atoms with Crippen molar-refractivity contribution in [2.24, 2.45) is 0 Å². The van der Waals surface area contributed by atoms with Gasteiger partial charge in [-0.05, 0) is 52.2 Å². The van der Waals surface area contributed by atoms with Crippen molar-refractivity contribution in [3.63, 3.8) is 0 Å². The van der Waals surface area contributed by atoms with Gasteiger partial charge in [-0.25, -0.2) is 0 Å². The van der Waals surface area contributed by atoms with Gasteiger partial charge in [-0.2, -0.15) is 0 Å². The SMILES string of the molecule is CCCN1CCCC(NC(C)C(=O)O)CC1. The van der Waals surface area contributed by atoms with Gasteiger partial charge < -0.3 is 15.3 Å². The van der Waals surface area contributed by atoms with Gasteiger partial charge >= 0.3 is 5.97 Å². The van der Waals surface area contributed by atoms with Crippen molar-refractivity contribution in [3.8, 4) is 0 Å². The highest BCUT2D eigenvalue weighted by molar-refractivity contribution is 5.72. The molecule has 4 heteroatoms. The molecule has 1 saturated heterocycles. The molecule has 0 aliphatic carbocycles. The molecule has 16 heavy (non-hydrogen) atoms. The first-order valence-electron chi connectivity index (χ1n) is 6.34. The van der Waals surface area contributed by atoms with Gasteiger partial charge in [0.25, 0.3) is 0 Å². The van der Waals surface area contributed by atoms with Crippen LogP contribution < -0.4 is 5.32 Å². The van der Waals surface area contributed by atoms with Gasteiger partial charge in [0.2, 0.25) is 0 Å². The molecule has 0 bridgehead atoms. The number of aliphatic carboxylic acids is 1. The zero-order valence-electron chi connectivity index (χ0n) is 10.4. The summed E-state index contributed by atoms with van der Waals surface area (Å²) in [5, 5.41) is 12.0.